The summed E-state index contributed by atoms with van der Waals surface area (Å²) in [7, 11) is 0. The molecule has 0 saturated heterocycles. The van der Waals surface area contributed by atoms with Crippen molar-refractivity contribution in [1.29, 1.82) is 0 Å². The van der Waals surface area contributed by atoms with Gasteiger partial charge in [-0.1, -0.05) is 48.6 Å². The van der Waals surface area contributed by atoms with E-state index < -0.39 is 0 Å². The maximum Gasteiger partial charge on any atom is 0.286 e. The quantitative estimate of drug-likeness (QED) is 0.630. The number of carbonyl (C=O) groups is 1. The predicted molar refractivity (Wildman–Crippen MR) is 102 cm³/mol. The molecule has 4 nitrogen and oxygen atoms in total. The fourth-order valence-corrected chi connectivity index (χ4v) is 3.65. The minimum atomic E-state index is -0.302. The number of rotatable bonds is 6. The van der Waals surface area contributed by atoms with Crippen molar-refractivity contribution in [1.82, 2.24) is 4.57 Å². The lowest BCUT2D eigenvalue weighted by molar-refractivity contribution is -0.120. The summed E-state index contributed by atoms with van der Waals surface area (Å²) in [5.41, 5.74) is 2.34. The molecule has 1 amide bonds. The zero-order valence-electron chi connectivity index (χ0n) is 14.1. The summed E-state index contributed by atoms with van der Waals surface area (Å²) in [6.45, 7) is 6.46. The number of para-hydroxylation sites is 1. The van der Waals surface area contributed by atoms with Crippen molar-refractivity contribution in [2.45, 2.75) is 19.9 Å². The first-order chi connectivity index (χ1) is 12.2. The Hall–Kier alpha value is -2.66. The number of allylic oxidation sites excluding steroid dienone is 1. The zero-order valence-corrected chi connectivity index (χ0v) is 15.0. The van der Waals surface area contributed by atoms with Gasteiger partial charge in [0.2, 0.25) is 0 Å². The number of nitrogens with zero attached hydrogens (tertiary/aromatic N) is 2. The molecule has 25 heavy (non-hydrogen) atoms. The molecule has 0 aliphatic rings. The van der Waals surface area contributed by atoms with E-state index in [1.165, 1.54) is 16.9 Å². The van der Waals surface area contributed by atoms with Crippen molar-refractivity contribution >= 4 is 27.5 Å². The van der Waals surface area contributed by atoms with E-state index in [0.29, 0.717) is 17.1 Å². The van der Waals surface area contributed by atoms with Gasteiger partial charge in [0.05, 0.1) is 10.2 Å². The van der Waals surface area contributed by atoms with Gasteiger partial charge >= 0.3 is 0 Å². The van der Waals surface area contributed by atoms with E-state index in [1.54, 1.807) is 0 Å². The highest BCUT2D eigenvalue weighted by Gasteiger charge is 2.08. The topological polar surface area (TPSA) is 43.6 Å². The highest BCUT2D eigenvalue weighted by Crippen LogP contribution is 2.19. The smallest absolute Gasteiger partial charge is 0.286 e. The van der Waals surface area contributed by atoms with Crippen LogP contribution in [0.3, 0.4) is 0 Å². The number of thiazole rings is 1. The number of fused-ring (bicyclic) bond motifs is 1. The molecule has 128 valence electrons. The van der Waals surface area contributed by atoms with Crippen LogP contribution in [0.4, 0.5) is 0 Å². The Morgan fingerprint density at radius 1 is 1.28 bits per heavy atom. The molecule has 2 aromatic carbocycles. The molecular formula is C20H20N2O2S. The van der Waals surface area contributed by atoms with E-state index in [1.807, 2.05) is 41.0 Å². The fraction of sp³-hybridized carbons (Fsp3) is 0.200. The molecule has 0 radical (unpaired) electrons. The van der Waals surface area contributed by atoms with Gasteiger partial charge in [-0.15, -0.1) is 6.58 Å². The fourth-order valence-electron chi connectivity index (χ4n) is 2.53. The normalized spacial score (nSPS) is 11.6. The van der Waals surface area contributed by atoms with E-state index in [2.05, 4.69) is 36.7 Å². The average molecular weight is 352 g/mol. The number of amides is 1. The summed E-state index contributed by atoms with van der Waals surface area (Å²) in [6.07, 6.45) is 2.79. The van der Waals surface area contributed by atoms with Gasteiger partial charge in [0.15, 0.2) is 11.4 Å². The molecule has 0 saturated carbocycles. The standard InChI is InChI=1S/C20H20N2O2S/c1-3-12-22-17-11-10-15(4-2)13-18(17)25-20(22)21-19(23)14-24-16-8-6-5-7-9-16/h3,5-11,13H,1,4,12,14H2,2H3. The van der Waals surface area contributed by atoms with Crippen LogP contribution in [-0.4, -0.2) is 17.1 Å². The summed E-state index contributed by atoms with van der Waals surface area (Å²) >= 11 is 1.52. The maximum absolute atomic E-state index is 12.2. The van der Waals surface area contributed by atoms with Gasteiger partial charge in [-0.05, 0) is 36.2 Å². The lowest BCUT2D eigenvalue weighted by Gasteiger charge is -2.03. The molecule has 0 atom stereocenters. The monoisotopic (exact) mass is 352 g/mol. The van der Waals surface area contributed by atoms with Crippen LogP contribution in [0.1, 0.15) is 12.5 Å². The SMILES string of the molecule is C=CCn1c(=NC(=O)COc2ccccc2)sc2cc(CC)ccc21. The maximum atomic E-state index is 12.2. The average Bonchev–Trinajstić information content (AvgIpc) is 2.97. The Morgan fingerprint density at radius 2 is 2.08 bits per heavy atom. The van der Waals surface area contributed by atoms with Crippen LogP contribution in [0.2, 0.25) is 0 Å². The molecule has 0 bridgehead atoms. The van der Waals surface area contributed by atoms with Gasteiger partial charge in [0.25, 0.3) is 5.91 Å². The van der Waals surface area contributed by atoms with Gasteiger partial charge in [0, 0.05) is 6.54 Å². The Morgan fingerprint density at radius 3 is 2.80 bits per heavy atom. The Kier molecular flexibility index (Phi) is 5.46. The van der Waals surface area contributed by atoms with E-state index in [-0.39, 0.29) is 12.5 Å². The first-order valence-corrected chi connectivity index (χ1v) is 9.01. The van der Waals surface area contributed by atoms with Crippen LogP contribution in [0.15, 0.2) is 66.2 Å². The Bertz CT molecular complexity index is 955. The van der Waals surface area contributed by atoms with Gasteiger partial charge in [0.1, 0.15) is 5.75 Å². The van der Waals surface area contributed by atoms with E-state index in [4.69, 9.17) is 4.74 Å². The van der Waals surface area contributed by atoms with Crippen LogP contribution >= 0.6 is 11.3 Å². The van der Waals surface area contributed by atoms with Gasteiger partial charge in [-0.3, -0.25) is 4.79 Å². The number of benzene rings is 2. The number of aryl methyl sites for hydroxylation is 1. The second kappa shape index (κ2) is 7.94. The zero-order chi connectivity index (χ0) is 17.6. The molecular weight excluding hydrogens is 332 g/mol. The van der Waals surface area contributed by atoms with Crippen LogP contribution in [-0.2, 0) is 17.8 Å². The lowest BCUT2D eigenvalue weighted by atomic mass is 10.2. The summed E-state index contributed by atoms with van der Waals surface area (Å²) in [6, 6.07) is 15.6. The second-order valence-corrected chi connectivity index (χ2v) is 6.56. The summed E-state index contributed by atoms with van der Waals surface area (Å²) in [5, 5.41) is 0. The third-order valence-electron chi connectivity index (χ3n) is 3.79. The molecule has 5 heteroatoms. The molecule has 1 heterocycles. The molecule has 3 rings (SSSR count). The van der Waals surface area contributed by atoms with E-state index in [0.717, 1.165) is 16.6 Å². The molecule has 1 aromatic heterocycles. The molecule has 0 aliphatic carbocycles. The van der Waals surface area contributed by atoms with Crippen LogP contribution in [0.5, 0.6) is 5.75 Å². The van der Waals surface area contributed by atoms with E-state index in [9.17, 15) is 4.79 Å². The lowest BCUT2D eigenvalue weighted by Crippen LogP contribution is -2.19. The van der Waals surface area contributed by atoms with Gasteiger partial charge in [-0.2, -0.15) is 4.99 Å². The summed E-state index contributed by atoms with van der Waals surface area (Å²) in [5.74, 6) is 0.359. The number of carbonyl (C=O) groups excluding carboxylic acids is 1. The van der Waals surface area contributed by atoms with Crippen LogP contribution in [0.25, 0.3) is 10.2 Å². The van der Waals surface area contributed by atoms with Crippen LogP contribution in [0, 0.1) is 0 Å². The summed E-state index contributed by atoms with van der Waals surface area (Å²) in [4.78, 5) is 17.1. The van der Waals surface area contributed by atoms with E-state index >= 15 is 0 Å². The third kappa shape index (κ3) is 4.06. The van der Waals surface area contributed by atoms with Gasteiger partial charge < -0.3 is 9.30 Å². The minimum absolute atomic E-state index is 0.0768. The highest BCUT2D eigenvalue weighted by atomic mass is 32.1. The number of hydrogen-bond acceptors (Lipinski definition) is 3. The summed E-state index contributed by atoms with van der Waals surface area (Å²) < 4.78 is 8.61. The van der Waals surface area contributed by atoms with Crippen molar-refractivity contribution in [3.63, 3.8) is 0 Å². The first kappa shape index (κ1) is 17.2. The van der Waals surface area contributed by atoms with Crippen LogP contribution < -0.4 is 9.54 Å². The Balaban J connectivity index is 1.90. The molecule has 3 aromatic rings. The number of aromatic nitrogens is 1. The van der Waals surface area contributed by atoms with Crippen molar-refractivity contribution in [2.24, 2.45) is 4.99 Å². The van der Waals surface area contributed by atoms with Crippen molar-refractivity contribution in [3.05, 3.63) is 71.6 Å². The molecule has 0 aliphatic heterocycles. The largest absolute Gasteiger partial charge is 0.484 e. The second-order valence-electron chi connectivity index (χ2n) is 5.55. The highest BCUT2D eigenvalue weighted by molar-refractivity contribution is 7.16. The van der Waals surface area contributed by atoms with Gasteiger partial charge in [-0.25, -0.2) is 0 Å². The van der Waals surface area contributed by atoms with Crippen molar-refractivity contribution in [2.75, 3.05) is 6.61 Å². The van der Waals surface area contributed by atoms with Crippen molar-refractivity contribution in [3.8, 4) is 5.75 Å². The molecule has 0 spiro atoms. The third-order valence-corrected chi connectivity index (χ3v) is 4.83. The predicted octanol–water partition coefficient (Wildman–Crippen LogP) is 3.96. The molecule has 0 unspecified atom stereocenters. The minimum Gasteiger partial charge on any atom is -0.484 e. The molecule has 0 N–H and O–H groups in total. The number of ether oxygens (including phenoxy) is 1. The molecule has 0 fully saturated rings. The number of hydrogen-bond donors (Lipinski definition) is 0. The Labute approximate surface area is 150 Å². The first-order valence-electron chi connectivity index (χ1n) is 8.20. The van der Waals surface area contributed by atoms with Crippen molar-refractivity contribution < 1.29 is 9.53 Å².